The van der Waals surface area contributed by atoms with E-state index in [2.05, 4.69) is 38.1 Å². The van der Waals surface area contributed by atoms with Crippen LogP contribution in [0.1, 0.15) is 59.7 Å². The van der Waals surface area contributed by atoms with Crippen molar-refractivity contribution in [2.24, 2.45) is 0 Å². The zero-order valence-corrected chi connectivity index (χ0v) is 17.0. The molecule has 1 amide bonds. The van der Waals surface area contributed by atoms with Crippen molar-refractivity contribution >= 4 is 15.7 Å². The second-order valence-corrected chi connectivity index (χ2v) is 9.97. The fraction of sp³-hybridized carbons (Fsp3) is 0.409. The van der Waals surface area contributed by atoms with Crippen LogP contribution in [-0.4, -0.2) is 31.5 Å². The number of rotatable bonds is 7. The summed E-state index contributed by atoms with van der Waals surface area (Å²) in [5.74, 6) is 0.498. The number of carbonyl (C=O) groups is 1. The van der Waals surface area contributed by atoms with E-state index in [0.717, 1.165) is 18.4 Å². The van der Waals surface area contributed by atoms with E-state index in [4.69, 9.17) is 0 Å². The van der Waals surface area contributed by atoms with Crippen molar-refractivity contribution in [2.45, 2.75) is 50.9 Å². The molecule has 0 bridgehead atoms. The Morgan fingerprint density at radius 1 is 1.00 bits per heavy atom. The smallest absolute Gasteiger partial charge is 0.254 e. The highest BCUT2D eigenvalue weighted by Gasteiger charge is 2.33. The van der Waals surface area contributed by atoms with E-state index in [0.29, 0.717) is 29.6 Å². The van der Waals surface area contributed by atoms with Crippen LogP contribution in [0.4, 0.5) is 0 Å². The summed E-state index contributed by atoms with van der Waals surface area (Å²) in [6.07, 6.45) is 3.30. The normalized spacial score (nSPS) is 14.4. The number of amides is 1. The van der Waals surface area contributed by atoms with E-state index in [9.17, 15) is 13.2 Å². The van der Waals surface area contributed by atoms with Gasteiger partial charge in [-0.25, -0.2) is 8.42 Å². The summed E-state index contributed by atoms with van der Waals surface area (Å²) < 4.78 is 22.8. The number of hydrogen-bond donors (Lipinski definition) is 0. The minimum atomic E-state index is -3.08. The summed E-state index contributed by atoms with van der Waals surface area (Å²) in [5.41, 5.74) is 3.74. The summed E-state index contributed by atoms with van der Waals surface area (Å²) in [7, 11) is -3.08. The minimum absolute atomic E-state index is 0.00396. The fourth-order valence-corrected chi connectivity index (χ4v) is 3.97. The number of sulfone groups is 1. The third kappa shape index (κ3) is 5.42. The lowest BCUT2D eigenvalue weighted by Crippen LogP contribution is -2.32. The third-order valence-corrected chi connectivity index (χ3v) is 5.74. The number of benzene rings is 2. The van der Waals surface area contributed by atoms with Gasteiger partial charge in [0.15, 0.2) is 9.84 Å². The molecular formula is C22H27NO3S. The Balaban J connectivity index is 1.74. The first-order valence-electron chi connectivity index (χ1n) is 9.39. The van der Waals surface area contributed by atoms with Crippen molar-refractivity contribution in [3.05, 3.63) is 70.8 Å². The van der Waals surface area contributed by atoms with Crippen LogP contribution >= 0.6 is 0 Å². The molecule has 0 saturated heterocycles. The van der Waals surface area contributed by atoms with Crippen LogP contribution in [0.15, 0.2) is 48.5 Å². The second-order valence-electron chi connectivity index (χ2n) is 7.83. The zero-order chi connectivity index (χ0) is 19.6. The van der Waals surface area contributed by atoms with Crippen molar-refractivity contribution in [1.82, 2.24) is 4.90 Å². The van der Waals surface area contributed by atoms with Crippen LogP contribution in [0.5, 0.6) is 0 Å². The summed E-state index contributed by atoms with van der Waals surface area (Å²) in [4.78, 5) is 15.0. The SMILES string of the molecule is CC(C)c1ccc(CN(C(=O)c2ccc(CS(C)(=O)=O)cc2)C2CC2)cc1. The predicted molar refractivity (Wildman–Crippen MR) is 108 cm³/mol. The average molecular weight is 386 g/mol. The van der Waals surface area contributed by atoms with Gasteiger partial charge in [-0.3, -0.25) is 4.79 Å². The molecule has 3 rings (SSSR count). The highest BCUT2D eigenvalue weighted by Crippen LogP contribution is 2.30. The molecule has 27 heavy (non-hydrogen) atoms. The molecule has 1 fully saturated rings. The zero-order valence-electron chi connectivity index (χ0n) is 16.2. The van der Waals surface area contributed by atoms with Gasteiger partial charge in [0.2, 0.25) is 0 Å². The minimum Gasteiger partial charge on any atom is -0.331 e. The van der Waals surface area contributed by atoms with Crippen LogP contribution < -0.4 is 0 Å². The monoisotopic (exact) mass is 385 g/mol. The van der Waals surface area contributed by atoms with Crippen LogP contribution in [0.3, 0.4) is 0 Å². The quantitative estimate of drug-likeness (QED) is 0.719. The van der Waals surface area contributed by atoms with E-state index in [1.54, 1.807) is 24.3 Å². The highest BCUT2D eigenvalue weighted by molar-refractivity contribution is 7.89. The van der Waals surface area contributed by atoms with Gasteiger partial charge in [-0.15, -0.1) is 0 Å². The molecule has 144 valence electrons. The fourth-order valence-electron chi connectivity index (χ4n) is 3.17. The standard InChI is InChI=1S/C22H27NO3S/c1-16(2)19-8-4-17(5-9-19)14-23(21-12-13-21)22(24)20-10-6-18(7-11-20)15-27(3,25)26/h4-11,16,21H,12-15H2,1-3H3. The molecular weight excluding hydrogens is 358 g/mol. The lowest BCUT2D eigenvalue weighted by atomic mass is 10.0. The molecule has 2 aromatic carbocycles. The third-order valence-electron chi connectivity index (χ3n) is 4.88. The van der Waals surface area contributed by atoms with Gasteiger partial charge in [0, 0.05) is 24.4 Å². The molecule has 0 unspecified atom stereocenters. The van der Waals surface area contributed by atoms with E-state index < -0.39 is 9.84 Å². The van der Waals surface area contributed by atoms with Crippen LogP contribution in [0, 0.1) is 0 Å². The molecule has 1 saturated carbocycles. The first-order chi connectivity index (χ1) is 12.7. The Bertz CT molecular complexity index is 896. The molecule has 1 aliphatic rings. The molecule has 1 aliphatic carbocycles. The van der Waals surface area contributed by atoms with Gasteiger partial charge in [0.25, 0.3) is 5.91 Å². The maximum Gasteiger partial charge on any atom is 0.254 e. The maximum absolute atomic E-state index is 13.0. The Morgan fingerprint density at radius 2 is 1.56 bits per heavy atom. The van der Waals surface area contributed by atoms with Crippen LogP contribution in [-0.2, 0) is 22.1 Å². The number of hydrogen-bond acceptors (Lipinski definition) is 3. The second kappa shape index (κ2) is 7.85. The van der Waals surface area contributed by atoms with E-state index in [-0.39, 0.29) is 11.7 Å². The predicted octanol–water partition coefficient (Wildman–Crippen LogP) is 4.16. The van der Waals surface area contributed by atoms with Gasteiger partial charge >= 0.3 is 0 Å². The van der Waals surface area contributed by atoms with Crippen molar-refractivity contribution in [3.8, 4) is 0 Å². The Labute approximate surface area is 162 Å². The highest BCUT2D eigenvalue weighted by atomic mass is 32.2. The Kier molecular flexibility index (Phi) is 5.70. The first kappa shape index (κ1) is 19.6. The molecule has 0 radical (unpaired) electrons. The Morgan fingerprint density at radius 3 is 2.04 bits per heavy atom. The molecule has 0 atom stereocenters. The topological polar surface area (TPSA) is 54.5 Å². The first-order valence-corrected chi connectivity index (χ1v) is 11.5. The van der Waals surface area contributed by atoms with Crippen molar-refractivity contribution in [2.75, 3.05) is 6.26 Å². The van der Waals surface area contributed by atoms with E-state index in [1.807, 2.05) is 4.90 Å². The van der Waals surface area contributed by atoms with Gasteiger partial charge in [-0.05, 0) is 47.6 Å². The molecule has 0 aromatic heterocycles. The van der Waals surface area contributed by atoms with Gasteiger partial charge in [0.1, 0.15) is 0 Å². The van der Waals surface area contributed by atoms with Crippen molar-refractivity contribution < 1.29 is 13.2 Å². The largest absolute Gasteiger partial charge is 0.331 e. The average Bonchev–Trinajstić information content (AvgIpc) is 3.44. The molecule has 2 aromatic rings. The number of nitrogens with zero attached hydrogens (tertiary/aromatic N) is 1. The summed E-state index contributed by atoms with van der Waals surface area (Å²) in [6.45, 7) is 4.94. The van der Waals surface area contributed by atoms with Crippen LogP contribution in [0.25, 0.3) is 0 Å². The van der Waals surface area contributed by atoms with Gasteiger partial charge in [-0.2, -0.15) is 0 Å². The van der Waals surface area contributed by atoms with Gasteiger partial charge in [0.05, 0.1) is 5.75 Å². The molecule has 0 heterocycles. The van der Waals surface area contributed by atoms with Crippen molar-refractivity contribution in [3.63, 3.8) is 0 Å². The molecule has 0 spiro atoms. The molecule has 5 heteroatoms. The molecule has 0 N–H and O–H groups in total. The van der Waals surface area contributed by atoms with E-state index in [1.165, 1.54) is 11.8 Å². The Hall–Kier alpha value is -2.14. The lowest BCUT2D eigenvalue weighted by Gasteiger charge is -2.23. The maximum atomic E-state index is 13.0. The van der Waals surface area contributed by atoms with Crippen LogP contribution in [0.2, 0.25) is 0 Å². The summed E-state index contributed by atoms with van der Waals surface area (Å²) in [5, 5.41) is 0. The van der Waals surface area contributed by atoms with Gasteiger partial charge in [-0.1, -0.05) is 50.2 Å². The summed E-state index contributed by atoms with van der Waals surface area (Å²) >= 11 is 0. The number of carbonyl (C=O) groups excluding carboxylic acids is 1. The van der Waals surface area contributed by atoms with Gasteiger partial charge < -0.3 is 4.90 Å². The molecule has 0 aliphatic heterocycles. The van der Waals surface area contributed by atoms with E-state index >= 15 is 0 Å². The molecule has 4 nitrogen and oxygen atoms in total. The summed E-state index contributed by atoms with van der Waals surface area (Å²) in [6, 6.07) is 15.7. The van der Waals surface area contributed by atoms with Crippen molar-refractivity contribution in [1.29, 1.82) is 0 Å². The lowest BCUT2D eigenvalue weighted by molar-refractivity contribution is 0.0730.